The molecule has 2 aromatic carbocycles. The van der Waals surface area contributed by atoms with Crippen LogP contribution < -0.4 is 10.1 Å². The number of ether oxygens (including phenoxy) is 1. The summed E-state index contributed by atoms with van der Waals surface area (Å²) in [6, 6.07) is 15.0. The van der Waals surface area contributed by atoms with E-state index in [4.69, 9.17) is 9.15 Å². The van der Waals surface area contributed by atoms with Crippen LogP contribution in [-0.2, 0) is 0 Å². The average molecular weight is 309 g/mol. The maximum absolute atomic E-state index is 12.6. The molecular weight excluding hydrogens is 290 g/mol. The number of aryl methyl sites for hydroxylation is 1. The number of carbonyl (C=O) groups excluding carboxylic acids is 1. The van der Waals surface area contributed by atoms with Crippen molar-refractivity contribution in [3.05, 3.63) is 59.9 Å². The van der Waals surface area contributed by atoms with Crippen LogP contribution in [0.5, 0.6) is 5.75 Å². The maximum Gasteiger partial charge on any atom is 0.291 e. The van der Waals surface area contributed by atoms with Crippen molar-refractivity contribution in [3.8, 4) is 5.75 Å². The van der Waals surface area contributed by atoms with Crippen molar-refractivity contribution in [2.75, 3.05) is 11.9 Å². The third-order valence-corrected chi connectivity index (χ3v) is 3.65. The number of fused-ring (bicyclic) bond motifs is 1. The number of benzene rings is 2. The molecule has 0 radical (unpaired) electrons. The van der Waals surface area contributed by atoms with Crippen LogP contribution in [0.1, 0.15) is 29.5 Å². The number of anilines is 1. The van der Waals surface area contributed by atoms with Gasteiger partial charge < -0.3 is 14.5 Å². The summed E-state index contributed by atoms with van der Waals surface area (Å²) in [6.07, 6.45) is 0.908. The van der Waals surface area contributed by atoms with Gasteiger partial charge in [0.15, 0.2) is 5.76 Å². The molecule has 3 aromatic rings. The van der Waals surface area contributed by atoms with Gasteiger partial charge in [0, 0.05) is 10.9 Å². The fraction of sp³-hybridized carbons (Fsp3) is 0.211. The van der Waals surface area contributed by atoms with Crippen LogP contribution in [0.4, 0.5) is 5.69 Å². The Bertz CT molecular complexity index is 836. The Labute approximate surface area is 135 Å². The number of nitrogens with one attached hydrogen (secondary N) is 1. The molecule has 0 fully saturated rings. The summed E-state index contributed by atoms with van der Waals surface area (Å²) in [5, 5.41) is 3.83. The molecule has 0 aliphatic carbocycles. The van der Waals surface area contributed by atoms with E-state index in [1.54, 1.807) is 0 Å². The predicted octanol–water partition coefficient (Wildman–Crippen LogP) is 4.78. The molecule has 0 unspecified atom stereocenters. The van der Waals surface area contributed by atoms with Crippen LogP contribution in [-0.4, -0.2) is 12.5 Å². The molecule has 0 aliphatic heterocycles. The van der Waals surface area contributed by atoms with Gasteiger partial charge in [0.05, 0.1) is 12.3 Å². The highest BCUT2D eigenvalue weighted by molar-refractivity contribution is 6.07. The number of para-hydroxylation sites is 3. The van der Waals surface area contributed by atoms with Crippen LogP contribution in [0, 0.1) is 6.92 Å². The number of furan rings is 1. The van der Waals surface area contributed by atoms with E-state index in [9.17, 15) is 4.79 Å². The summed E-state index contributed by atoms with van der Waals surface area (Å²) in [7, 11) is 0. The molecule has 23 heavy (non-hydrogen) atoms. The Hall–Kier alpha value is -2.75. The van der Waals surface area contributed by atoms with E-state index in [1.807, 2.05) is 62.4 Å². The lowest BCUT2D eigenvalue weighted by molar-refractivity contribution is 0.0997. The summed E-state index contributed by atoms with van der Waals surface area (Å²) >= 11 is 0. The Morgan fingerprint density at radius 3 is 2.65 bits per heavy atom. The first kappa shape index (κ1) is 15.2. The van der Waals surface area contributed by atoms with E-state index in [1.165, 1.54) is 0 Å². The first-order valence-electron chi connectivity index (χ1n) is 7.72. The second kappa shape index (κ2) is 6.57. The Kier molecular flexibility index (Phi) is 4.33. The Balaban J connectivity index is 1.88. The molecule has 1 amide bonds. The molecule has 0 spiro atoms. The van der Waals surface area contributed by atoms with Crippen molar-refractivity contribution in [2.45, 2.75) is 20.3 Å². The zero-order chi connectivity index (χ0) is 16.2. The normalized spacial score (nSPS) is 10.7. The van der Waals surface area contributed by atoms with Crippen LogP contribution in [0.3, 0.4) is 0 Å². The highest BCUT2D eigenvalue weighted by atomic mass is 16.5. The highest BCUT2D eigenvalue weighted by Crippen LogP contribution is 2.28. The topological polar surface area (TPSA) is 51.5 Å². The van der Waals surface area contributed by atoms with Gasteiger partial charge in [-0.25, -0.2) is 0 Å². The van der Waals surface area contributed by atoms with E-state index in [2.05, 4.69) is 5.32 Å². The lowest BCUT2D eigenvalue weighted by Crippen LogP contribution is -2.13. The third-order valence-electron chi connectivity index (χ3n) is 3.65. The van der Waals surface area contributed by atoms with Crippen LogP contribution >= 0.6 is 0 Å². The molecule has 1 N–H and O–H groups in total. The number of amides is 1. The molecular formula is C19H19NO3. The second-order valence-corrected chi connectivity index (χ2v) is 5.35. The maximum atomic E-state index is 12.6. The monoisotopic (exact) mass is 309 g/mol. The highest BCUT2D eigenvalue weighted by Gasteiger charge is 2.18. The van der Waals surface area contributed by atoms with Gasteiger partial charge in [0.1, 0.15) is 11.3 Å². The molecule has 118 valence electrons. The van der Waals surface area contributed by atoms with E-state index in [0.717, 1.165) is 17.4 Å². The minimum absolute atomic E-state index is 0.272. The second-order valence-electron chi connectivity index (χ2n) is 5.35. The lowest BCUT2D eigenvalue weighted by Gasteiger charge is -2.11. The SMILES string of the molecule is CCCOc1ccccc1NC(=O)c1oc2ccccc2c1C. The van der Waals surface area contributed by atoms with E-state index in [0.29, 0.717) is 29.4 Å². The standard InChI is InChI=1S/C19H19NO3/c1-3-12-22-17-11-7-5-9-15(17)20-19(21)18-13(2)14-8-4-6-10-16(14)23-18/h4-11H,3,12H2,1-2H3,(H,20,21). The minimum Gasteiger partial charge on any atom is -0.491 e. The Morgan fingerprint density at radius 2 is 1.87 bits per heavy atom. The summed E-state index contributed by atoms with van der Waals surface area (Å²) in [4.78, 5) is 12.6. The molecule has 0 bridgehead atoms. The van der Waals surface area contributed by atoms with Crippen molar-refractivity contribution in [1.82, 2.24) is 0 Å². The summed E-state index contributed by atoms with van der Waals surface area (Å²) < 4.78 is 11.4. The number of carbonyl (C=O) groups is 1. The number of hydrogen-bond donors (Lipinski definition) is 1. The van der Waals surface area contributed by atoms with Gasteiger partial charge in [-0.3, -0.25) is 4.79 Å². The minimum atomic E-state index is -0.272. The van der Waals surface area contributed by atoms with E-state index < -0.39 is 0 Å². The van der Waals surface area contributed by atoms with Crippen LogP contribution in [0.25, 0.3) is 11.0 Å². The molecule has 0 aliphatic rings. The zero-order valence-electron chi connectivity index (χ0n) is 13.3. The van der Waals surface area contributed by atoms with Crippen molar-refractivity contribution in [1.29, 1.82) is 0 Å². The van der Waals surface area contributed by atoms with Gasteiger partial charge in [-0.05, 0) is 31.5 Å². The zero-order valence-corrected chi connectivity index (χ0v) is 13.3. The van der Waals surface area contributed by atoms with Gasteiger partial charge in [-0.15, -0.1) is 0 Å². The van der Waals surface area contributed by atoms with Crippen molar-refractivity contribution in [3.63, 3.8) is 0 Å². The lowest BCUT2D eigenvalue weighted by atomic mass is 10.1. The summed E-state index contributed by atoms with van der Waals surface area (Å²) in [6.45, 7) is 4.54. The quantitative estimate of drug-likeness (QED) is 0.737. The summed E-state index contributed by atoms with van der Waals surface area (Å²) in [5.41, 5.74) is 2.20. The molecule has 1 aromatic heterocycles. The molecule has 0 atom stereocenters. The number of rotatable bonds is 5. The fourth-order valence-corrected chi connectivity index (χ4v) is 2.48. The van der Waals surface area contributed by atoms with Crippen molar-refractivity contribution < 1.29 is 13.9 Å². The largest absolute Gasteiger partial charge is 0.491 e. The smallest absolute Gasteiger partial charge is 0.291 e. The van der Waals surface area contributed by atoms with E-state index in [-0.39, 0.29) is 5.91 Å². The molecule has 4 heteroatoms. The third kappa shape index (κ3) is 3.06. The summed E-state index contributed by atoms with van der Waals surface area (Å²) in [5.74, 6) is 0.721. The number of hydrogen-bond acceptors (Lipinski definition) is 3. The van der Waals surface area contributed by atoms with Gasteiger partial charge >= 0.3 is 0 Å². The van der Waals surface area contributed by atoms with Crippen molar-refractivity contribution in [2.24, 2.45) is 0 Å². The van der Waals surface area contributed by atoms with Gasteiger partial charge in [-0.1, -0.05) is 37.3 Å². The molecule has 0 saturated carbocycles. The van der Waals surface area contributed by atoms with E-state index >= 15 is 0 Å². The fourth-order valence-electron chi connectivity index (χ4n) is 2.48. The van der Waals surface area contributed by atoms with Gasteiger partial charge in [0.2, 0.25) is 0 Å². The molecule has 3 rings (SSSR count). The van der Waals surface area contributed by atoms with Crippen LogP contribution in [0.2, 0.25) is 0 Å². The predicted molar refractivity (Wildman–Crippen MR) is 91.1 cm³/mol. The Morgan fingerprint density at radius 1 is 1.13 bits per heavy atom. The van der Waals surface area contributed by atoms with Gasteiger partial charge in [0.25, 0.3) is 5.91 Å². The molecule has 1 heterocycles. The van der Waals surface area contributed by atoms with Gasteiger partial charge in [-0.2, -0.15) is 0 Å². The molecule has 0 saturated heterocycles. The first-order valence-corrected chi connectivity index (χ1v) is 7.72. The average Bonchev–Trinajstić information content (AvgIpc) is 2.91. The molecule has 4 nitrogen and oxygen atoms in total. The first-order chi connectivity index (χ1) is 11.2. The van der Waals surface area contributed by atoms with Crippen molar-refractivity contribution >= 4 is 22.6 Å². The van der Waals surface area contributed by atoms with Crippen LogP contribution in [0.15, 0.2) is 52.9 Å².